The van der Waals surface area contributed by atoms with E-state index in [9.17, 15) is 4.79 Å². The first kappa shape index (κ1) is 11.2. The summed E-state index contributed by atoms with van der Waals surface area (Å²) in [4.78, 5) is 13.0. The molecule has 1 aliphatic rings. The van der Waals surface area contributed by atoms with Crippen LogP contribution in [0.5, 0.6) is 0 Å². The van der Waals surface area contributed by atoms with Gasteiger partial charge < -0.3 is 10.5 Å². The van der Waals surface area contributed by atoms with Gasteiger partial charge in [0.15, 0.2) is 0 Å². The predicted molar refractivity (Wildman–Crippen MR) is 54.8 cm³/mol. The molecule has 1 saturated heterocycles. The highest BCUT2D eigenvalue weighted by molar-refractivity contribution is 5.91. The lowest BCUT2D eigenvalue weighted by Crippen LogP contribution is -2.50. The van der Waals surface area contributed by atoms with Crippen LogP contribution in [-0.4, -0.2) is 43.2 Å². The molecule has 0 saturated carbocycles. The van der Waals surface area contributed by atoms with Gasteiger partial charge in [0.25, 0.3) is 0 Å². The van der Waals surface area contributed by atoms with Crippen LogP contribution in [-0.2, 0) is 9.53 Å². The molecule has 1 fully saturated rings. The minimum atomic E-state index is -0.352. The first-order valence-corrected chi connectivity index (χ1v) is 4.80. The van der Waals surface area contributed by atoms with Crippen molar-refractivity contribution in [2.24, 2.45) is 5.73 Å². The van der Waals surface area contributed by atoms with Crippen LogP contribution < -0.4 is 5.73 Å². The van der Waals surface area contributed by atoms with Gasteiger partial charge in [0.1, 0.15) is 0 Å². The van der Waals surface area contributed by atoms with Crippen LogP contribution in [0, 0.1) is 0 Å². The molecule has 1 rings (SSSR count). The normalized spacial score (nSPS) is 20.7. The third-order valence-corrected chi connectivity index (χ3v) is 2.72. The quantitative estimate of drug-likeness (QED) is 0.654. The van der Waals surface area contributed by atoms with E-state index in [0.717, 1.165) is 13.2 Å². The SMILES string of the molecule is CC(=CC(C)N(C)C1COC1)C(N)=O. The number of likely N-dealkylation sites (N-methyl/N-ethyl adjacent to an activating group) is 1. The molecule has 1 aliphatic heterocycles. The van der Waals surface area contributed by atoms with Gasteiger partial charge in [-0.05, 0) is 20.9 Å². The summed E-state index contributed by atoms with van der Waals surface area (Å²) < 4.78 is 5.10. The molecule has 0 bridgehead atoms. The Bertz CT molecular complexity index is 247. The molecule has 0 aromatic heterocycles. The minimum Gasteiger partial charge on any atom is -0.378 e. The molecule has 1 amide bonds. The van der Waals surface area contributed by atoms with Crippen LogP contribution in [0.25, 0.3) is 0 Å². The van der Waals surface area contributed by atoms with Gasteiger partial charge >= 0.3 is 0 Å². The third kappa shape index (κ3) is 2.56. The number of primary amides is 1. The third-order valence-electron chi connectivity index (χ3n) is 2.72. The molecule has 4 heteroatoms. The van der Waals surface area contributed by atoms with Crippen molar-refractivity contribution in [3.63, 3.8) is 0 Å². The first-order chi connectivity index (χ1) is 6.52. The highest BCUT2D eigenvalue weighted by Crippen LogP contribution is 2.13. The van der Waals surface area contributed by atoms with Crippen molar-refractivity contribution in [2.45, 2.75) is 25.9 Å². The lowest BCUT2D eigenvalue weighted by Gasteiger charge is -2.37. The maximum Gasteiger partial charge on any atom is 0.244 e. The highest BCUT2D eigenvalue weighted by atomic mass is 16.5. The predicted octanol–water partition coefficient (Wildman–Crippen LogP) is 0.137. The first-order valence-electron chi connectivity index (χ1n) is 4.80. The molecule has 0 radical (unpaired) electrons. The fraction of sp³-hybridized carbons (Fsp3) is 0.700. The van der Waals surface area contributed by atoms with E-state index in [-0.39, 0.29) is 11.9 Å². The van der Waals surface area contributed by atoms with E-state index in [0.29, 0.717) is 11.6 Å². The number of carbonyl (C=O) groups excluding carboxylic acids is 1. The maximum atomic E-state index is 10.8. The van der Waals surface area contributed by atoms with E-state index >= 15 is 0 Å². The molecule has 2 N–H and O–H groups in total. The topological polar surface area (TPSA) is 55.6 Å². The number of hydrogen-bond acceptors (Lipinski definition) is 3. The molecule has 0 aromatic carbocycles. The molecule has 0 spiro atoms. The molecule has 80 valence electrons. The number of carbonyl (C=O) groups is 1. The number of nitrogens with zero attached hydrogens (tertiary/aromatic N) is 1. The Labute approximate surface area is 84.7 Å². The Morgan fingerprint density at radius 2 is 2.21 bits per heavy atom. The molecule has 1 unspecified atom stereocenters. The lowest BCUT2D eigenvalue weighted by molar-refractivity contribution is -0.114. The Morgan fingerprint density at radius 1 is 1.64 bits per heavy atom. The average Bonchev–Trinajstić information content (AvgIpc) is 2.00. The van der Waals surface area contributed by atoms with Gasteiger partial charge in [0, 0.05) is 11.6 Å². The van der Waals surface area contributed by atoms with Crippen molar-refractivity contribution in [1.82, 2.24) is 4.90 Å². The minimum absolute atomic E-state index is 0.219. The van der Waals surface area contributed by atoms with E-state index in [1.165, 1.54) is 0 Å². The van der Waals surface area contributed by atoms with Crippen molar-refractivity contribution >= 4 is 5.91 Å². The largest absolute Gasteiger partial charge is 0.378 e. The summed E-state index contributed by atoms with van der Waals surface area (Å²) in [5.74, 6) is -0.352. The van der Waals surface area contributed by atoms with Crippen molar-refractivity contribution in [1.29, 1.82) is 0 Å². The standard InChI is InChI=1S/C10H18N2O2/c1-7(10(11)13)4-8(2)12(3)9-5-14-6-9/h4,8-9H,5-6H2,1-3H3,(H2,11,13). The summed E-state index contributed by atoms with van der Waals surface area (Å²) in [5.41, 5.74) is 5.77. The summed E-state index contributed by atoms with van der Waals surface area (Å²) in [6.45, 7) is 5.35. The molecule has 1 atom stereocenters. The molecule has 0 aliphatic carbocycles. The van der Waals surface area contributed by atoms with Gasteiger partial charge in [-0.3, -0.25) is 9.69 Å². The molecule has 0 aromatic rings. The highest BCUT2D eigenvalue weighted by Gasteiger charge is 2.25. The van der Waals surface area contributed by atoms with Crippen LogP contribution in [0.3, 0.4) is 0 Å². The van der Waals surface area contributed by atoms with Crippen molar-refractivity contribution in [3.8, 4) is 0 Å². The zero-order valence-corrected chi connectivity index (χ0v) is 8.99. The van der Waals surface area contributed by atoms with Crippen LogP contribution >= 0.6 is 0 Å². The average molecular weight is 198 g/mol. The van der Waals surface area contributed by atoms with E-state index in [2.05, 4.69) is 4.90 Å². The number of hydrogen-bond donors (Lipinski definition) is 1. The number of rotatable bonds is 4. The molecule has 1 heterocycles. The number of ether oxygens (including phenoxy) is 1. The van der Waals surface area contributed by atoms with Crippen LogP contribution in [0.4, 0.5) is 0 Å². The Hall–Kier alpha value is -0.870. The summed E-state index contributed by atoms with van der Waals surface area (Å²) in [6.07, 6.45) is 1.89. The maximum absolute atomic E-state index is 10.8. The summed E-state index contributed by atoms with van der Waals surface area (Å²) in [5, 5.41) is 0. The fourth-order valence-electron chi connectivity index (χ4n) is 1.35. The molecular weight excluding hydrogens is 180 g/mol. The number of nitrogens with two attached hydrogens (primary N) is 1. The second-order valence-electron chi connectivity index (χ2n) is 3.81. The van der Waals surface area contributed by atoms with Gasteiger partial charge in [0.2, 0.25) is 5.91 Å². The van der Waals surface area contributed by atoms with Crippen molar-refractivity contribution in [3.05, 3.63) is 11.6 Å². The summed E-state index contributed by atoms with van der Waals surface area (Å²) in [6, 6.07) is 0.693. The lowest BCUT2D eigenvalue weighted by atomic mass is 10.1. The zero-order valence-electron chi connectivity index (χ0n) is 8.99. The zero-order chi connectivity index (χ0) is 10.7. The van der Waals surface area contributed by atoms with Crippen LogP contribution in [0.1, 0.15) is 13.8 Å². The van der Waals surface area contributed by atoms with Crippen molar-refractivity contribution in [2.75, 3.05) is 20.3 Å². The second-order valence-corrected chi connectivity index (χ2v) is 3.81. The monoisotopic (exact) mass is 198 g/mol. The van der Waals surface area contributed by atoms with Gasteiger partial charge in [-0.2, -0.15) is 0 Å². The van der Waals surface area contributed by atoms with Crippen LogP contribution in [0.2, 0.25) is 0 Å². The number of amides is 1. The molecule has 4 nitrogen and oxygen atoms in total. The van der Waals surface area contributed by atoms with E-state index in [1.54, 1.807) is 6.92 Å². The molecular formula is C10H18N2O2. The Kier molecular flexibility index (Phi) is 3.66. The smallest absolute Gasteiger partial charge is 0.244 e. The van der Waals surface area contributed by atoms with E-state index < -0.39 is 0 Å². The van der Waals surface area contributed by atoms with Crippen LogP contribution in [0.15, 0.2) is 11.6 Å². The van der Waals surface area contributed by atoms with Gasteiger partial charge in [-0.1, -0.05) is 6.08 Å². The Morgan fingerprint density at radius 3 is 2.57 bits per heavy atom. The van der Waals surface area contributed by atoms with E-state index in [1.807, 2.05) is 20.0 Å². The van der Waals surface area contributed by atoms with Gasteiger partial charge in [0.05, 0.1) is 19.3 Å². The van der Waals surface area contributed by atoms with E-state index in [4.69, 9.17) is 10.5 Å². The Balaban J connectivity index is 2.51. The van der Waals surface area contributed by atoms with Crippen molar-refractivity contribution < 1.29 is 9.53 Å². The van der Waals surface area contributed by atoms with Gasteiger partial charge in [-0.25, -0.2) is 0 Å². The summed E-state index contributed by atoms with van der Waals surface area (Å²) in [7, 11) is 2.03. The fourth-order valence-corrected chi connectivity index (χ4v) is 1.35. The molecule has 14 heavy (non-hydrogen) atoms. The summed E-state index contributed by atoms with van der Waals surface area (Å²) >= 11 is 0. The second kappa shape index (κ2) is 4.57. The van der Waals surface area contributed by atoms with Gasteiger partial charge in [-0.15, -0.1) is 0 Å².